The first-order valence-corrected chi connectivity index (χ1v) is 6.52. The van der Waals surface area contributed by atoms with Crippen LogP contribution >= 0.6 is 39.1 Å². The number of rotatable bonds is 4. The Bertz CT molecular complexity index is 363. The van der Waals surface area contributed by atoms with E-state index in [1.165, 1.54) is 0 Å². The summed E-state index contributed by atoms with van der Waals surface area (Å²) in [6, 6.07) is 5.71. The van der Waals surface area contributed by atoms with Gasteiger partial charge in [-0.2, -0.15) is 0 Å². The lowest BCUT2D eigenvalue weighted by molar-refractivity contribution is 0.494. The molecular formula is C12H13BrCl2. The smallest absolute Gasteiger partial charge is 0.0624 e. The summed E-state index contributed by atoms with van der Waals surface area (Å²) in [6.07, 6.45) is 2.78. The lowest BCUT2D eigenvalue weighted by atomic mass is 9.86. The van der Waals surface area contributed by atoms with E-state index in [1.54, 1.807) is 6.07 Å². The fourth-order valence-corrected chi connectivity index (χ4v) is 2.11. The summed E-state index contributed by atoms with van der Waals surface area (Å²) in [5.74, 6) is 0. The SMILES string of the molecule is C=CC(C)(CBr)Cc1cccc(Cl)c1Cl. The number of halogens is 3. The third-order valence-electron chi connectivity index (χ3n) is 2.42. The Hall–Kier alpha value is 0.0200. The molecule has 0 N–H and O–H groups in total. The lowest BCUT2D eigenvalue weighted by Crippen LogP contribution is -2.18. The molecule has 82 valence electrons. The first-order valence-electron chi connectivity index (χ1n) is 4.65. The molecule has 1 aromatic carbocycles. The van der Waals surface area contributed by atoms with Gasteiger partial charge in [0.05, 0.1) is 10.0 Å². The molecule has 1 unspecified atom stereocenters. The van der Waals surface area contributed by atoms with Gasteiger partial charge in [0.15, 0.2) is 0 Å². The molecule has 1 atom stereocenters. The van der Waals surface area contributed by atoms with Crippen LogP contribution in [0.25, 0.3) is 0 Å². The van der Waals surface area contributed by atoms with Crippen molar-refractivity contribution in [2.75, 3.05) is 5.33 Å². The molecular weight excluding hydrogens is 295 g/mol. The molecule has 0 bridgehead atoms. The highest BCUT2D eigenvalue weighted by Gasteiger charge is 2.21. The van der Waals surface area contributed by atoms with Crippen LogP contribution in [0.4, 0.5) is 0 Å². The zero-order valence-corrected chi connectivity index (χ0v) is 11.7. The molecule has 15 heavy (non-hydrogen) atoms. The van der Waals surface area contributed by atoms with Crippen LogP contribution in [-0.2, 0) is 6.42 Å². The van der Waals surface area contributed by atoms with Gasteiger partial charge >= 0.3 is 0 Å². The van der Waals surface area contributed by atoms with E-state index in [1.807, 2.05) is 18.2 Å². The van der Waals surface area contributed by atoms with Crippen molar-refractivity contribution >= 4 is 39.1 Å². The van der Waals surface area contributed by atoms with Crippen molar-refractivity contribution in [3.05, 3.63) is 46.5 Å². The molecule has 0 amide bonds. The first-order chi connectivity index (χ1) is 7.02. The molecule has 0 aliphatic carbocycles. The first kappa shape index (κ1) is 13.1. The van der Waals surface area contributed by atoms with E-state index in [4.69, 9.17) is 23.2 Å². The van der Waals surface area contributed by atoms with Gasteiger partial charge in [0.1, 0.15) is 0 Å². The summed E-state index contributed by atoms with van der Waals surface area (Å²) in [7, 11) is 0. The van der Waals surface area contributed by atoms with Crippen molar-refractivity contribution in [3.8, 4) is 0 Å². The van der Waals surface area contributed by atoms with E-state index in [0.717, 1.165) is 17.3 Å². The predicted molar refractivity (Wildman–Crippen MR) is 72.3 cm³/mol. The molecule has 0 spiro atoms. The van der Waals surface area contributed by atoms with Crippen molar-refractivity contribution in [1.29, 1.82) is 0 Å². The molecule has 1 rings (SSSR count). The van der Waals surface area contributed by atoms with Crippen molar-refractivity contribution in [2.45, 2.75) is 13.3 Å². The average molecular weight is 308 g/mol. The van der Waals surface area contributed by atoms with Crippen LogP contribution in [0.5, 0.6) is 0 Å². The lowest BCUT2D eigenvalue weighted by Gasteiger charge is -2.23. The molecule has 3 heteroatoms. The summed E-state index contributed by atoms with van der Waals surface area (Å²) < 4.78 is 0. The summed E-state index contributed by atoms with van der Waals surface area (Å²) in [5, 5.41) is 2.11. The molecule has 0 saturated carbocycles. The van der Waals surface area contributed by atoms with E-state index in [2.05, 4.69) is 29.4 Å². The van der Waals surface area contributed by atoms with Gasteiger partial charge in [0.25, 0.3) is 0 Å². The van der Waals surface area contributed by atoms with E-state index >= 15 is 0 Å². The Kier molecular flexibility index (Phi) is 4.69. The molecule has 0 fully saturated rings. The quantitative estimate of drug-likeness (QED) is 0.535. The number of hydrogen-bond acceptors (Lipinski definition) is 0. The van der Waals surface area contributed by atoms with Crippen molar-refractivity contribution in [1.82, 2.24) is 0 Å². The minimum atomic E-state index is 0.00826. The van der Waals surface area contributed by atoms with Gasteiger partial charge in [-0.3, -0.25) is 0 Å². The topological polar surface area (TPSA) is 0 Å². The number of benzene rings is 1. The maximum absolute atomic E-state index is 6.13. The van der Waals surface area contributed by atoms with E-state index in [-0.39, 0.29) is 5.41 Å². The van der Waals surface area contributed by atoms with Crippen LogP contribution in [0.3, 0.4) is 0 Å². The summed E-state index contributed by atoms with van der Waals surface area (Å²) >= 11 is 15.6. The van der Waals surface area contributed by atoms with Crippen molar-refractivity contribution in [2.24, 2.45) is 5.41 Å². The summed E-state index contributed by atoms with van der Waals surface area (Å²) in [4.78, 5) is 0. The monoisotopic (exact) mass is 306 g/mol. The van der Waals surface area contributed by atoms with Crippen molar-refractivity contribution in [3.63, 3.8) is 0 Å². The van der Waals surface area contributed by atoms with Crippen LogP contribution in [0.2, 0.25) is 10.0 Å². The number of allylic oxidation sites excluding steroid dienone is 1. The Morgan fingerprint density at radius 2 is 2.13 bits per heavy atom. The molecule has 0 aliphatic rings. The van der Waals surface area contributed by atoms with Gasteiger partial charge in [-0.25, -0.2) is 0 Å². The third-order valence-corrected chi connectivity index (χ3v) is 4.56. The highest BCUT2D eigenvalue weighted by atomic mass is 79.9. The fraction of sp³-hybridized carbons (Fsp3) is 0.333. The van der Waals surface area contributed by atoms with Gasteiger partial charge in [0.2, 0.25) is 0 Å². The van der Waals surface area contributed by atoms with Crippen LogP contribution < -0.4 is 0 Å². The van der Waals surface area contributed by atoms with E-state index in [0.29, 0.717) is 10.0 Å². The molecule has 0 aromatic heterocycles. The van der Waals surface area contributed by atoms with E-state index in [9.17, 15) is 0 Å². The highest BCUT2D eigenvalue weighted by Crippen LogP contribution is 2.32. The Morgan fingerprint density at radius 3 is 2.67 bits per heavy atom. The Labute approximate surface area is 109 Å². The molecule has 0 nitrogen and oxygen atoms in total. The molecule has 1 aromatic rings. The Morgan fingerprint density at radius 1 is 1.47 bits per heavy atom. The molecule has 0 saturated heterocycles. The van der Waals surface area contributed by atoms with Gasteiger partial charge in [-0.1, -0.05) is 64.3 Å². The second-order valence-electron chi connectivity index (χ2n) is 3.88. The number of alkyl halides is 1. The van der Waals surface area contributed by atoms with Crippen LogP contribution in [0.15, 0.2) is 30.9 Å². The minimum Gasteiger partial charge on any atom is -0.102 e. The molecule has 0 heterocycles. The van der Waals surface area contributed by atoms with Gasteiger partial charge in [0, 0.05) is 5.33 Å². The fourth-order valence-electron chi connectivity index (χ4n) is 1.29. The second kappa shape index (κ2) is 5.38. The maximum atomic E-state index is 6.13. The number of hydrogen-bond donors (Lipinski definition) is 0. The van der Waals surface area contributed by atoms with Crippen LogP contribution in [0, 0.1) is 5.41 Å². The zero-order chi connectivity index (χ0) is 11.5. The van der Waals surface area contributed by atoms with Gasteiger partial charge < -0.3 is 0 Å². The highest BCUT2D eigenvalue weighted by molar-refractivity contribution is 9.09. The standard InChI is InChI=1S/C12H13BrCl2/c1-3-12(2,8-13)7-9-5-4-6-10(14)11(9)15/h3-6H,1,7-8H2,2H3. The predicted octanol–water partition coefficient (Wildman–Crippen LogP) is 5.12. The summed E-state index contributed by atoms with van der Waals surface area (Å²) in [6.45, 7) is 5.98. The van der Waals surface area contributed by atoms with Crippen molar-refractivity contribution < 1.29 is 0 Å². The van der Waals surface area contributed by atoms with Gasteiger partial charge in [-0.15, -0.1) is 6.58 Å². The maximum Gasteiger partial charge on any atom is 0.0624 e. The second-order valence-corrected chi connectivity index (χ2v) is 5.23. The Balaban J connectivity index is 2.98. The zero-order valence-electron chi connectivity index (χ0n) is 8.56. The summed E-state index contributed by atoms with van der Waals surface area (Å²) in [5.41, 5.74) is 1.07. The molecule has 0 aliphatic heterocycles. The van der Waals surface area contributed by atoms with Crippen LogP contribution in [0.1, 0.15) is 12.5 Å². The largest absolute Gasteiger partial charge is 0.102 e. The molecule has 0 radical (unpaired) electrons. The van der Waals surface area contributed by atoms with Crippen LogP contribution in [-0.4, -0.2) is 5.33 Å². The minimum absolute atomic E-state index is 0.00826. The van der Waals surface area contributed by atoms with E-state index < -0.39 is 0 Å². The third kappa shape index (κ3) is 3.24. The normalized spacial score (nSPS) is 14.7. The average Bonchev–Trinajstić information content (AvgIpc) is 2.25. The van der Waals surface area contributed by atoms with Gasteiger partial charge in [-0.05, 0) is 23.5 Å².